The number of aryl methyl sites for hydroxylation is 2. The van der Waals surface area contributed by atoms with Crippen LogP contribution in [0.4, 0.5) is 5.69 Å². The van der Waals surface area contributed by atoms with Crippen molar-refractivity contribution >= 4 is 18.2 Å². The normalized spacial score (nSPS) is 10.7. The summed E-state index contributed by atoms with van der Waals surface area (Å²) in [6.45, 7) is 5.75. The molecule has 0 unspecified atom stereocenters. The Balaban J connectivity index is 3.27. The molecule has 0 saturated carbocycles. The van der Waals surface area contributed by atoms with E-state index in [2.05, 4.69) is 4.99 Å². The molecule has 2 nitrogen and oxygen atoms in total. The van der Waals surface area contributed by atoms with E-state index in [0.29, 0.717) is 0 Å². The number of nitrogens with zero attached hydrogens (tertiary/aromatic N) is 1. The molecule has 0 aliphatic heterocycles. The fourth-order valence-corrected chi connectivity index (χ4v) is 1.23. The van der Waals surface area contributed by atoms with Crippen LogP contribution in [0.5, 0.6) is 0 Å². The van der Waals surface area contributed by atoms with Gasteiger partial charge in [-0.2, -0.15) is 0 Å². The first-order chi connectivity index (χ1) is 6.19. The van der Waals surface area contributed by atoms with Gasteiger partial charge in [0.1, 0.15) is 6.29 Å². The van der Waals surface area contributed by atoms with Gasteiger partial charge in [-0.1, -0.05) is 0 Å². The third-order valence-electron chi connectivity index (χ3n) is 1.98. The molecule has 0 heterocycles. The third-order valence-corrected chi connectivity index (χ3v) is 1.98. The van der Waals surface area contributed by atoms with Gasteiger partial charge in [0.05, 0.1) is 5.69 Å². The average molecular weight is 175 g/mol. The third kappa shape index (κ3) is 2.02. The van der Waals surface area contributed by atoms with Crippen LogP contribution in [0.25, 0.3) is 0 Å². The summed E-state index contributed by atoms with van der Waals surface area (Å²) in [5, 5.41) is 0. The smallest absolute Gasteiger partial charge is 0.150 e. The number of hydrogen-bond acceptors (Lipinski definition) is 2. The Bertz CT molecular complexity index is 353. The van der Waals surface area contributed by atoms with Gasteiger partial charge in [0, 0.05) is 11.8 Å². The van der Waals surface area contributed by atoms with Crippen molar-refractivity contribution in [3.63, 3.8) is 0 Å². The quantitative estimate of drug-likeness (QED) is 0.502. The minimum Gasteiger partial charge on any atom is -0.298 e. The van der Waals surface area contributed by atoms with Crippen molar-refractivity contribution in [2.45, 2.75) is 20.8 Å². The van der Waals surface area contributed by atoms with Crippen LogP contribution < -0.4 is 0 Å². The van der Waals surface area contributed by atoms with E-state index in [1.54, 1.807) is 6.21 Å². The maximum atomic E-state index is 10.6. The Morgan fingerprint density at radius 1 is 1.23 bits per heavy atom. The van der Waals surface area contributed by atoms with Crippen molar-refractivity contribution in [1.29, 1.82) is 0 Å². The molecule has 1 rings (SSSR count). The largest absolute Gasteiger partial charge is 0.298 e. The molecule has 13 heavy (non-hydrogen) atoms. The molecule has 1 aromatic rings. The average Bonchev–Trinajstić information content (AvgIpc) is 2.11. The molecule has 0 atom stereocenters. The molecule has 0 spiro atoms. The molecule has 2 heteroatoms. The number of rotatable bonds is 2. The van der Waals surface area contributed by atoms with Crippen LogP contribution in [0.15, 0.2) is 17.1 Å². The van der Waals surface area contributed by atoms with Gasteiger partial charge < -0.3 is 0 Å². The molecule has 0 amide bonds. The molecule has 0 aliphatic rings. The van der Waals surface area contributed by atoms with E-state index in [9.17, 15) is 4.79 Å². The van der Waals surface area contributed by atoms with Gasteiger partial charge >= 0.3 is 0 Å². The van der Waals surface area contributed by atoms with Crippen molar-refractivity contribution in [2.24, 2.45) is 4.99 Å². The number of benzene rings is 1. The lowest BCUT2D eigenvalue weighted by atomic mass is 10.1. The summed E-state index contributed by atoms with van der Waals surface area (Å²) >= 11 is 0. The van der Waals surface area contributed by atoms with E-state index in [1.165, 1.54) is 0 Å². The van der Waals surface area contributed by atoms with E-state index in [1.807, 2.05) is 32.9 Å². The standard InChI is InChI=1S/C11H13NO/c1-4-12-11-6-8(2)10(7-13)5-9(11)3/h4-7H,1-3H3/b12-4+. The van der Waals surface area contributed by atoms with Gasteiger partial charge in [0.15, 0.2) is 0 Å². The summed E-state index contributed by atoms with van der Waals surface area (Å²) in [7, 11) is 0. The molecule has 0 fully saturated rings. The van der Waals surface area contributed by atoms with Gasteiger partial charge in [-0.15, -0.1) is 0 Å². The van der Waals surface area contributed by atoms with Crippen molar-refractivity contribution in [1.82, 2.24) is 0 Å². The number of aliphatic imine (C=N–C) groups is 1. The van der Waals surface area contributed by atoms with Gasteiger partial charge in [-0.05, 0) is 44.0 Å². The van der Waals surface area contributed by atoms with Crippen LogP contribution in [0.2, 0.25) is 0 Å². The lowest BCUT2D eigenvalue weighted by Crippen LogP contribution is -1.88. The Kier molecular flexibility index (Phi) is 2.96. The monoisotopic (exact) mass is 175 g/mol. The fraction of sp³-hybridized carbons (Fsp3) is 0.273. The van der Waals surface area contributed by atoms with Crippen molar-refractivity contribution in [3.8, 4) is 0 Å². The lowest BCUT2D eigenvalue weighted by Gasteiger charge is -2.03. The first kappa shape index (κ1) is 9.65. The first-order valence-electron chi connectivity index (χ1n) is 4.24. The molecule has 0 radical (unpaired) electrons. The molecule has 68 valence electrons. The van der Waals surface area contributed by atoms with E-state index in [-0.39, 0.29) is 0 Å². The highest BCUT2D eigenvalue weighted by molar-refractivity contribution is 5.79. The lowest BCUT2D eigenvalue weighted by molar-refractivity contribution is 0.112. The Morgan fingerprint density at radius 2 is 1.92 bits per heavy atom. The summed E-state index contributed by atoms with van der Waals surface area (Å²) in [4.78, 5) is 14.8. The van der Waals surface area contributed by atoms with Crippen LogP contribution in [0.1, 0.15) is 28.4 Å². The topological polar surface area (TPSA) is 29.4 Å². The summed E-state index contributed by atoms with van der Waals surface area (Å²) in [6, 6.07) is 3.80. The summed E-state index contributed by atoms with van der Waals surface area (Å²) < 4.78 is 0. The highest BCUT2D eigenvalue weighted by Crippen LogP contribution is 2.21. The van der Waals surface area contributed by atoms with Gasteiger partial charge in [-0.3, -0.25) is 9.79 Å². The summed E-state index contributed by atoms with van der Waals surface area (Å²) in [5.74, 6) is 0. The summed E-state index contributed by atoms with van der Waals surface area (Å²) in [6.07, 6.45) is 2.63. The zero-order valence-electron chi connectivity index (χ0n) is 8.16. The molecule has 0 bridgehead atoms. The zero-order chi connectivity index (χ0) is 9.84. The number of carbonyl (C=O) groups is 1. The van der Waals surface area contributed by atoms with Crippen molar-refractivity contribution in [2.75, 3.05) is 0 Å². The fourth-order valence-electron chi connectivity index (χ4n) is 1.23. The Morgan fingerprint density at radius 3 is 2.46 bits per heavy atom. The molecule has 0 aromatic heterocycles. The van der Waals surface area contributed by atoms with E-state index < -0.39 is 0 Å². The van der Waals surface area contributed by atoms with E-state index in [0.717, 1.165) is 28.7 Å². The predicted molar refractivity (Wildman–Crippen MR) is 55.1 cm³/mol. The zero-order valence-corrected chi connectivity index (χ0v) is 8.16. The van der Waals surface area contributed by atoms with Crippen LogP contribution in [-0.2, 0) is 0 Å². The Hall–Kier alpha value is -1.44. The van der Waals surface area contributed by atoms with Crippen LogP contribution in [0.3, 0.4) is 0 Å². The van der Waals surface area contributed by atoms with Gasteiger partial charge in [-0.25, -0.2) is 0 Å². The van der Waals surface area contributed by atoms with Crippen molar-refractivity contribution < 1.29 is 4.79 Å². The Labute approximate surface area is 78.3 Å². The highest BCUT2D eigenvalue weighted by Gasteiger charge is 2.01. The minimum absolute atomic E-state index is 0.743. The molecule has 0 aliphatic carbocycles. The second-order valence-corrected chi connectivity index (χ2v) is 3.00. The maximum Gasteiger partial charge on any atom is 0.150 e. The molecule has 0 N–H and O–H groups in total. The minimum atomic E-state index is 0.743. The van der Waals surface area contributed by atoms with Crippen LogP contribution >= 0.6 is 0 Å². The second-order valence-electron chi connectivity index (χ2n) is 3.00. The van der Waals surface area contributed by atoms with Crippen LogP contribution in [0, 0.1) is 13.8 Å². The van der Waals surface area contributed by atoms with Gasteiger partial charge in [0.25, 0.3) is 0 Å². The molecular formula is C11H13NO. The maximum absolute atomic E-state index is 10.6. The number of carbonyl (C=O) groups excluding carboxylic acids is 1. The SMILES string of the molecule is C/C=N/c1cc(C)c(C=O)cc1C. The summed E-state index contributed by atoms with van der Waals surface area (Å²) in [5.41, 5.74) is 3.69. The molecule has 0 saturated heterocycles. The number of aldehydes is 1. The second kappa shape index (κ2) is 3.99. The first-order valence-corrected chi connectivity index (χ1v) is 4.24. The number of hydrogen-bond donors (Lipinski definition) is 0. The highest BCUT2D eigenvalue weighted by atomic mass is 16.1. The predicted octanol–water partition coefficient (Wildman–Crippen LogP) is 2.84. The van der Waals surface area contributed by atoms with Crippen molar-refractivity contribution in [3.05, 3.63) is 28.8 Å². The molecule has 1 aromatic carbocycles. The van der Waals surface area contributed by atoms with E-state index in [4.69, 9.17) is 0 Å². The van der Waals surface area contributed by atoms with Crippen LogP contribution in [-0.4, -0.2) is 12.5 Å². The van der Waals surface area contributed by atoms with Gasteiger partial charge in [0.2, 0.25) is 0 Å². The molecular weight excluding hydrogens is 162 g/mol. The van der Waals surface area contributed by atoms with E-state index >= 15 is 0 Å².